The van der Waals surface area contributed by atoms with Gasteiger partial charge in [-0.1, -0.05) is 18.2 Å². The van der Waals surface area contributed by atoms with Gasteiger partial charge in [0.25, 0.3) is 0 Å². The molecule has 1 aromatic carbocycles. The van der Waals surface area contributed by atoms with Crippen LogP contribution in [0.1, 0.15) is 36.6 Å². The standard InChI is InChI=1S/C18H19N3O2/c1-12-16-7-4-8-20(16)9-10-21(12)18(23)14-11-17(22)19-15-6-3-2-5-13(14)15/h2-8,12,14H,9-11H2,1H3,(H,19,22)/t12-,14-/m0/s1. The summed E-state index contributed by atoms with van der Waals surface area (Å²) >= 11 is 0. The first-order valence-corrected chi connectivity index (χ1v) is 7.99. The highest BCUT2D eigenvalue weighted by atomic mass is 16.2. The van der Waals surface area contributed by atoms with Crippen LogP contribution in [0.25, 0.3) is 0 Å². The smallest absolute Gasteiger partial charge is 0.231 e. The molecule has 2 atom stereocenters. The van der Waals surface area contributed by atoms with E-state index in [1.165, 1.54) is 0 Å². The average Bonchev–Trinajstić information content (AvgIpc) is 3.03. The molecule has 1 N–H and O–H groups in total. The number of amides is 2. The van der Waals surface area contributed by atoms with Crippen LogP contribution in [-0.4, -0.2) is 27.8 Å². The van der Waals surface area contributed by atoms with Crippen LogP contribution in [0.3, 0.4) is 0 Å². The molecule has 5 heteroatoms. The second-order valence-corrected chi connectivity index (χ2v) is 6.23. The average molecular weight is 309 g/mol. The summed E-state index contributed by atoms with van der Waals surface area (Å²) < 4.78 is 2.19. The van der Waals surface area contributed by atoms with Gasteiger partial charge in [-0.2, -0.15) is 0 Å². The minimum Gasteiger partial charge on any atom is -0.348 e. The Bertz CT molecular complexity index is 780. The third-order valence-electron chi connectivity index (χ3n) is 4.92. The van der Waals surface area contributed by atoms with Crippen molar-refractivity contribution in [1.29, 1.82) is 0 Å². The zero-order valence-corrected chi connectivity index (χ0v) is 13.0. The van der Waals surface area contributed by atoms with Gasteiger partial charge in [-0.25, -0.2) is 0 Å². The van der Waals surface area contributed by atoms with Crippen molar-refractivity contribution in [3.63, 3.8) is 0 Å². The number of rotatable bonds is 1. The first-order chi connectivity index (χ1) is 11.1. The van der Waals surface area contributed by atoms with Crippen LogP contribution >= 0.6 is 0 Å². The lowest BCUT2D eigenvalue weighted by Crippen LogP contribution is -2.44. The number of benzene rings is 1. The highest BCUT2D eigenvalue weighted by Gasteiger charge is 2.36. The van der Waals surface area contributed by atoms with Crippen molar-refractivity contribution in [2.75, 3.05) is 11.9 Å². The Labute approximate surface area is 134 Å². The highest BCUT2D eigenvalue weighted by Crippen LogP contribution is 2.36. The van der Waals surface area contributed by atoms with Gasteiger partial charge < -0.3 is 14.8 Å². The highest BCUT2D eigenvalue weighted by molar-refractivity contribution is 6.01. The van der Waals surface area contributed by atoms with E-state index in [0.717, 1.165) is 23.5 Å². The summed E-state index contributed by atoms with van der Waals surface area (Å²) in [6.45, 7) is 3.54. The fraction of sp³-hybridized carbons (Fsp3) is 0.333. The summed E-state index contributed by atoms with van der Waals surface area (Å²) in [7, 11) is 0. The van der Waals surface area contributed by atoms with Gasteiger partial charge in [0.2, 0.25) is 11.8 Å². The molecular weight excluding hydrogens is 290 g/mol. The maximum Gasteiger partial charge on any atom is 0.231 e. The van der Waals surface area contributed by atoms with Crippen LogP contribution in [0.15, 0.2) is 42.6 Å². The summed E-state index contributed by atoms with van der Waals surface area (Å²) in [6.07, 6.45) is 2.27. The Morgan fingerprint density at radius 2 is 2.00 bits per heavy atom. The van der Waals surface area contributed by atoms with Crippen LogP contribution in [0, 0.1) is 0 Å². The lowest BCUT2D eigenvalue weighted by molar-refractivity contribution is -0.138. The normalized spacial score (nSPS) is 23.0. The van der Waals surface area contributed by atoms with Gasteiger partial charge in [0.15, 0.2) is 0 Å². The van der Waals surface area contributed by atoms with Crippen molar-refractivity contribution in [3.8, 4) is 0 Å². The SMILES string of the molecule is C[C@H]1c2cccn2CCN1C(=O)[C@H]1CC(=O)Nc2ccccc21. The van der Waals surface area contributed by atoms with Crippen LogP contribution in [0.2, 0.25) is 0 Å². The second kappa shape index (κ2) is 5.26. The molecule has 0 unspecified atom stereocenters. The molecule has 0 aliphatic carbocycles. The number of para-hydroxylation sites is 1. The molecule has 0 saturated heterocycles. The Morgan fingerprint density at radius 1 is 1.17 bits per heavy atom. The van der Waals surface area contributed by atoms with Gasteiger partial charge in [-0.05, 0) is 30.7 Å². The van der Waals surface area contributed by atoms with Crippen LogP contribution in [0.4, 0.5) is 5.69 Å². The molecule has 5 nitrogen and oxygen atoms in total. The molecule has 2 aromatic rings. The third kappa shape index (κ3) is 2.23. The molecule has 2 aliphatic rings. The molecule has 0 fully saturated rings. The molecule has 2 aliphatic heterocycles. The van der Waals surface area contributed by atoms with Crippen molar-refractivity contribution in [2.24, 2.45) is 0 Å². The summed E-state index contributed by atoms with van der Waals surface area (Å²) in [5, 5.41) is 2.86. The number of nitrogens with one attached hydrogen (secondary N) is 1. The van der Waals surface area contributed by atoms with Gasteiger partial charge in [-0.15, -0.1) is 0 Å². The Morgan fingerprint density at radius 3 is 2.87 bits per heavy atom. The van der Waals surface area contributed by atoms with Crippen LogP contribution < -0.4 is 5.32 Å². The van der Waals surface area contributed by atoms with Gasteiger partial charge in [-0.3, -0.25) is 9.59 Å². The Hall–Kier alpha value is -2.56. The first-order valence-electron chi connectivity index (χ1n) is 7.99. The minimum atomic E-state index is -0.385. The summed E-state index contributed by atoms with van der Waals surface area (Å²) in [4.78, 5) is 27.0. The van der Waals surface area contributed by atoms with E-state index in [-0.39, 0.29) is 30.2 Å². The number of aromatic nitrogens is 1. The van der Waals surface area contributed by atoms with Crippen molar-refractivity contribution >= 4 is 17.5 Å². The monoisotopic (exact) mass is 309 g/mol. The molecule has 4 rings (SSSR count). The van der Waals surface area contributed by atoms with E-state index in [0.29, 0.717) is 6.54 Å². The quantitative estimate of drug-likeness (QED) is 0.880. The van der Waals surface area contributed by atoms with E-state index in [1.54, 1.807) is 0 Å². The number of hydrogen-bond acceptors (Lipinski definition) is 2. The number of hydrogen-bond donors (Lipinski definition) is 1. The molecule has 23 heavy (non-hydrogen) atoms. The second-order valence-electron chi connectivity index (χ2n) is 6.23. The maximum atomic E-state index is 13.1. The van der Waals surface area contributed by atoms with E-state index in [2.05, 4.69) is 29.1 Å². The summed E-state index contributed by atoms with van der Waals surface area (Å²) in [5.74, 6) is -0.425. The third-order valence-corrected chi connectivity index (χ3v) is 4.92. The molecule has 2 amide bonds. The number of carbonyl (C=O) groups is 2. The van der Waals surface area contributed by atoms with Crippen molar-refractivity contribution in [1.82, 2.24) is 9.47 Å². The Kier molecular flexibility index (Phi) is 3.22. The van der Waals surface area contributed by atoms with E-state index >= 15 is 0 Å². The number of nitrogens with zero attached hydrogens (tertiary/aromatic N) is 2. The van der Waals surface area contributed by atoms with Crippen LogP contribution in [-0.2, 0) is 16.1 Å². The molecule has 0 saturated carbocycles. The Balaban J connectivity index is 1.66. The zero-order valence-electron chi connectivity index (χ0n) is 13.0. The fourth-order valence-electron chi connectivity index (χ4n) is 3.71. The molecule has 118 valence electrons. The largest absolute Gasteiger partial charge is 0.348 e. The first kappa shape index (κ1) is 14.1. The zero-order chi connectivity index (χ0) is 16.0. The molecule has 0 radical (unpaired) electrons. The van der Waals surface area contributed by atoms with Crippen molar-refractivity contribution in [2.45, 2.75) is 31.8 Å². The van der Waals surface area contributed by atoms with E-state index in [4.69, 9.17) is 0 Å². The lowest BCUT2D eigenvalue weighted by atomic mass is 9.88. The molecule has 0 bridgehead atoms. The van der Waals surface area contributed by atoms with Crippen LogP contribution in [0.5, 0.6) is 0 Å². The van der Waals surface area contributed by atoms with E-state index in [9.17, 15) is 9.59 Å². The molecule has 1 aromatic heterocycles. The predicted molar refractivity (Wildman–Crippen MR) is 87.0 cm³/mol. The molecule has 0 spiro atoms. The molecular formula is C18H19N3O2. The van der Waals surface area contributed by atoms with Gasteiger partial charge in [0.1, 0.15) is 0 Å². The van der Waals surface area contributed by atoms with Gasteiger partial charge in [0, 0.05) is 37.1 Å². The van der Waals surface area contributed by atoms with Crippen molar-refractivity contribution < 1.29 is 9.59 Å². The molecule has 3 heterocycles. The maximum absolute atomic E-state index is 13.1. The predicted octanol–water partition coefficient (Wildman–Crippen LogP) is 2.52. The number of anilines is 1. The van der Waals surface area contributed by atoms with Crippen molar-refractivity contribution in [3.05, 3.63) is 53.9 Å². The minimum absolute atomic E-state index is 0.0309. The van der Waals surface area contributed by atoms with Gasteiger partial charge >= 0.3 is 0 Å². The van der Waals surface area contributed by atoms with E-state index < -0.39 is 0 Å². The van der Waals surface area contributed by atoms with Gasteiger partial charge in [0.05, 0.1) is 12.0 Å². The number of carbonyl (C=O) groups excluding carboxylic acids is 2. The fourth-order valence-corrected chi connectivity index (χ4v) is 3.71. The van der Waals surface area contributed by atoms with E-state index in [1.807, 2.05) is 35.2 Å². The summed E-state index contributed by atoms with van der Waals surface area (Å²) in [5.41, 5.74) is 2.83. The lowest BCUT2D eigenvalue weighted by Gasteiger charge is -2.38. The topological polar surface area (TPSA) is 54.3 Å². The number of fused-ring (bicyclic) bond motifs is 2. The summed E-state index contributed by atoms with van der Waals surface area (Å²) in [6, 6.07) is 11.7.